The molecule has 21 heavy (non-hydrogen) atoms. The molecule has 1 fully saturated rings. The maximum absolute atomic E-state index is 11.4. The second kappa shape index (κ2) is 5.89. The summed E-state index contributed by atoms with van der Waals surface area (Å²) in [6.45, 7) is 0.812. The molecule has 0 spiro atoms. The maximum Gasteiger partial charge on any atom is 0.280 e. The van der Waals surface area contributed by atoms with E-state index in [9.17, 15) is 4.79 Å². The number of methoxy groups -OCH3 is 1. The van der Waals surface area contributed by atoms with Crippen LogP contribution in [-0.4, -0.2) is 23.9 Å². The number of rotatable bonds is 5. The number of nitrogens with one attached hydrogen (secondary N) is 2. The van der Waals surface area contributed by atoms with Gasteiger partial charge in [-0.2, -0.15) is 5.10 Å². The molecule has 2 aromatic rings. The number of aromatic amines is 1. The minimum atomic E-state index is -0.225. The van der Waals surface area contributed by atoms with E-state index in [1.54, 1.807) is 13.3 Å². The fourth-order valence-electron chi connectivity index (χ4n) is 2.57. The molecule has 6 heteroatoms. The summed E-state index contributed by atoms with van der Waals surface area (Å²) in [7, 11) is 1.70. The average Bonchev–Trinajstić information content (AvgIpc) is 3.28. The van der Waals surface area contributed by atoms with Crippen molar-refractivity contribution in [1.82, 2.24) is 10.2 Å². The van der Waals surface area contributed by atoms with E-state index in [2.05, 4.69) is 37.5 Å². The lowest BCUT2D eigenvalue weighted by Crippen LogP contribution is -2.13. The molecule has 1 aliphatic rings. The molecule has 1 saturated carbocycles. The number of hydrogen-bond acceptors (Lipinski definition) is 4. The van der Waals surface area contributed by atoms with E-state index in [4.69, 9.17) is 4.74 Å². The van der Waals surface area contributed by atoms with Crippen LogP contribution in [0.5, 0.6) is 5.75 Å². The van der Waals surface area contributed by atoms with Gasteiger partial charge in [0.05, 0.1) is 19.0 Å². The second-order valence-corrected chi connectivity index (χ2v) is 5.94. The number of halogens is 1. The first-order valence-corrected chi connectivity index (χ1v) is 7.60. The van der Waals surface area contributed by atoms with Crippen LogP contribution < -0.4 is 15.6 Å². The molecular formula is C15H16BrN3O2. The highest BCUT2D eigenvalue weighted by Crippen LogP contribution is 2.50. The Morgan fingerprint density at radius 1 is 1.48 bits per heavy atom. The molecule has 0 aliphatic heterocycles. The highest BCUT2D eigenvalue weighted by atomic mass is 79.9. The minimum absolute atomic E-state index is 0.225. The molecule has 0 radical (unpaired) electrons. The molecule has 0 amide bonds. The Labute approximate surface area is 130 Å². The van der Waals surface area contributed by atoms with Crippen LogP contribution in [0.2, 0.25) is 0 Å². The predicted molar refractivity (Wildman–Crippen MR) is 84.9 cm³/mol. The lowest BCUT2D eigenvalue weighted by molar-refractivity contribution is 0.409. The van der Waals surface area contributed by atoms with Crippen LogP contribution in [-0.2, 0) is 0 Å². The second-order valence-electron chi connectivity index (χ2n) is 5.15. The fourth-order valence-corrected chi connectivity index (χ4v) is 2.91. The molecule has 1 aromatic heterocycles. The van der Waals surface area contributed by atoms with Gasteiger partial charge in [0.1, 0.15) is 10.2 Å². The summed E-state index contributed by atoms with van der Waals surface area (Å²) in [6, 6.07) is 8.14. The number of nitrogens with zero attached hydrogens (tertiary/aromatic N) is 1. The number of anilines is 1. The Bertz CT molecular complexity index is 701. The molecule has 0 bridgehead atoms. The topological polar surface area (TPSA) is 67.0 Å². The number of aromatic nitrogens is 2. The van der Waals surface area contributed by atoms with Crippen LogP contribution >= 0.6 is 15.9 Å². The standard InChI is InChI=1S/C15H16BrN3O2/c1-21-13-5-3-2-4-10(13)11-6-9(11)7-17-12-8-18-19-15(20)14(12)16/h2-5,8-9,11H,6-7H2,1H3,(H2,17,19,20). The molecule has 5 nitrogen and oxygen atoms in total. The van der Waals surface area contributed by atoms with Gasteiger partial charge in [0.2, 0.25) is 0 Å². The summed E-state index contributed by atoms with van der Waals surface area (Å²) < 4.78 is 5.90. The quantitative estimate of drug-likeness (QED) is 0.870. The normalized spacial score (nSPS) is 20.1. The molecule has 1 aliphatic carbocycles. The Kier molecular flexibility index (Phi) is 3.96. The number of benzene rings is 1. The summed E-state index contributed by atoms with van der Waals surface area (Å²) in [5.74, 6) is 2.01. The SMILES string of the molecule is COc1ccccc1C1CC1CNc1cn[nH]c(=O)c1Br. The van der Waals surface area contributed by atoms with Crippen LogP contribution in [0.25, 0.3) is 0 Å². The number of hydrogen-bond donors (Lipinski definition) is 2. The van der Waals surface area contributed by atoms with Crippen molar-refractivity contribution < 1.29 is 4.74 Å². The smallest absolute Gasteiger partial charge is 0.280 e. The number of para-hydroxylation sites is 1. The van der Waals surface area contributed by atoms with E-state index in [1.165, 1.54) is 5.56 Å². The highest BCUT2D eigenvalue weighted by Gasteiger charge is 2.39. The molecule has 1 aromatic carbocycles. The van der Waals surface area contributed by atoms with E-state index in [1.807, 2.05) is 18.2 Å². The van der Waals surface area contributed by atoms with Crippen molar-refractivity contribution in [2.45, 2.75) is 12.3 Å². The Morgan fingerprint density at radius 2 is 2.29 bits per heavy atom. The van der Waals surface area contributed by atoms with Crippen molar-refractivity contribution >= 4 is 21.6 Å². The molecule has 0 saturated heterocycles. The van der Waals surface area contributed by atoms with Gasteiger partial charge in [0, 0.05) is 6.54 Å². The van der Waals surface area contributed by atoms with Crippen molar-refractivity contribution in [3.8, 4) is 5.75 Å². The Morgan fingerprint density at radius 3 is 3.10 bits per heavy atom. The van der Waals surface area contributed by atoms with Gasteiger partial charge in [-0.15, -0.1) is 0 Å². The molecule has 1 heterocycles. The number of H-pyrrole nitrogens is 1. The Balaban J connectivity index is 1.64. The van der Waals surface area contributed by atoms with E-state index in [0.717, 1.165) is 24.4 Å². The van der Waals surface area contributed by atoms with Crippen LogP contribution in [0.15, 0.2) is 39.7 Å². The van der Waals surface area contributed by atoms with Gasteiger partial charge in [-0.25, -0.2) is 5.10 Å². The predicted octanol–water partition coefficient (Wildman–Crippen LogP) is 2.76. The van der Waals surface area contributed by atoms with E-state index in [0.29, 0.717) is 16.3 Å². The van der Waals surface area contributed by atoms with Crippen molar-refractivity contribution in [3.63, 3.8) is 0 Å². The molecular weight excluding hydrogens is 334 g/mol. The summed E-state index contributed by atoms with van der Waals surface area (Å²) in [5.41, 5.74) is 1.76. The lowest BCUT2D eigenvalue weighted by Gasteiger charge is -2.09. The van der Waals surface area contributed by atoms with Gasteiger partial charge in [-0.3, -0.25) is 4.79 Å². The number of ether oxygens (including phenoxy) is 1. The first kappa shape index (κ1) is 14.1. The van der Waals surface area contributed by atoms with Gasteiger partial charge in [-0.05, 0) is 45.8 Å². The van der Waals surface area contributed by atoms with Gasteiger partial charge in [0.25, 0.3) is 5.56 Å². The first-order chi connectivity index (χ1) is 10.2. The third-order valence-corrected chi connectivity index (χ3v) is 4.60. The van der Waals surface area contributed by atoms with Crippen molar-refractivity contribution in [1.29, 1.82) is 0 Å². The lowest BCUT2D eigenvalue weighted by atomic mass is 10.1. The summed E-state index contributed by atoms with van der Waals surface area (Å²) in [5, 5.41) is 9.46. The van der Waals surface area contributed by atoms with Gasteiger partial charge in [0.15, 0.2) is 0 Å². The molecule has 3 rings (SSSR count). The zero-order chi connectivity index (χ0) is 14.8. The van der Waals surface area contributed by atoms with Gasteiger partial charge >= 0.3 is 0 Å². The summed E-state index contributed by atoms with van der Waals surface area (Å²) >= 11 is 3.27. The monoisotopic (exact) mass is 349 g/mol. The molecule has 2 atom stereocenters. The summed E-state index contributed by atoms with van der Waals surface area (Å²) in [4.78, 5) is 11.4. The third kappa shape index (κ3) is 2.95. The van der Waals surface area contributed by atoms with E-state index in [-0.39, 0.29) is 5.56 Å². The largest absolute Gasteiger partial charge is 0.496 e. The van der Waals surface area contributed by atoms with Crippen molar-refractivity contribution in [2.75, 3.05) is 19.0 Å². The van der Waals surface area contributed by atoms with Crippen LogP contribution in [0, 0.1) is 5.92 Å². The van der Waals surface area contributed by atoms with E-state index < -0.39 is 0 Å². The first-order valence-electron chi connectivity index (χ1n) is 6.80. The maximum atomic E-state index is 11.4. The Hall–Kier alpha value is -1.82. The third-order valence-electron chi connectivity index (χ3n) is 3.81. The molecule has 2 N–H and O–H groups in total. The average molecular weight is 350 g/mol. The highest BCUT2D eigenvalue weighted by molar-refractivity contribution is 9.10. The summed E-state index contributed by atoms with van der Waals surface area (Å²) in [6.07, 6.45) is 2.74. The molecule has 2 unspecified atom stereocenters. The van der Waals surface area contributed by atoms with Crippen molar-refractivity contribution in [3.05, 3.63) is 50.9 Å². The van der Waals surface area contributed by atoms with E-state index >= 15 is 0 Å². The van der Waals surface area contributed by atoms with Crippen molar-refractivity contribution in [2.24, 2.45) is 5.92 Å². The minimum Gasteiger partial charge on any atom is -0.496 e. The zero-order valence-corrected chi connectivity index (χ0v) is 13.2. The van der Waals surface area contributed by atoms with Crippen LogP contribution in [0.1, 0.15) is 17.9 Å². The fraction of sp³-hybridized carbons (Fsp3) is 0.333. The zero-order valence-electron chi connectivity index (χ0n) is 11.6. The molecule has 110 valence electrons. The van der Waals surface area contributed by atoms with Crippen LogP contribution in [0.4, 0.5) is 5.69 Å². The van der Waals surface area contributed by atoms with Crippen LogP contribution in [0.3, 0.4) is 0 Å². The van der Waals surface area contributed by atoms with Gasteiger partial charge in [-0.1, -0.05) is 18.2 Å². The van der Waals surface area contributed by atoms with Gasteiger partial charge < -0.3 is 10.1 Å².